The molecular formula is C25H28ClN3O2S. The first-order chi connectivity index (χ1) is 15.4. The fraction of sp³-hybridized carbons (Fsp3) is 0.440. The molecular weight excluding hydrogens is 442 g/mol. The lowest BCUT2D eigenvalue weighted by Gasteiger charge is -2.45. The molecule has 0 radical (unpaired) electrons. The summed E-state index contributed by atoms with van der Waals surface area (Å²) in [7, 11) is 0. The number of rotatable bonds is 4. The van der Waals surface area contributed by atoms with Crippen LogP contribution >= 0.6 is 22.9 Å². The molecule has 0 saturated heterocycles. The number of benzene rings is 1. The zero-order valence-electron chi connectivity index (χ0n) is 18.4. The molecule has 1 saturated carbocycles. The summed E-state index contributed by atoms with van der Waals surface area (Å²) in [6, 6.07) is 11.7. The average Bonchev–Trinajstić information content (AvgIpc) is 3.35. The topological polar surface area (TPSA) is 54.3 Å². The highest BCUT2D eigenvalue weighted by atomic mass is 35.5. The van der Waals surface area contributed by atoms with Crippen LogP contribution in [0.4, 0.5) is 0 Å². The van der Waals surface area contributed by atoms with Gasteiger partial charge >= 0.3 is 0 Å². The van der Waals surface area contributed by atoms with E-state index in [4.69, 9.17) is 11.6 Å². The van der Waals surface area contributed by atoms with Crippen LogP contribution in [-0.2, 0) is 17.9 Å². The lowest BCUT2D eigenvalue weighted by Crippen LogP contribution is -2.65. The molecule has 1 aliphatic heterocycles. The number of halogens is 1. The Morgan fingerprint density at radius 1 is 1.25 bits per heavy atom. The second kappa shape index (κ2) is 8.23. The van der Waals surface area contributed by atoms with Crippen LogP contribution in [0.25, 0.3) is 10.2 Å². The van der Waals surface area contributed by atoms with Gasteiger partial charge in [0.1, 0.15) is 11.2 Å². The van der Waals surface area contributed by atoms with E-state index in [2.05, 4.69) is 12.2 Å². The summed E-state index contributed by atoms with van der Waals surface area (Å²) >= 11 is 7.83. The molecule has 3 aromatic rings. The van der Waals surface area contributed by atoms with Crippen LogP contribution in [0.3, 0.4) is 0 Å². The number of nitrogens with one attached hydrogen (secondary N) is 1. The fourth-order valence-corrected chi connectivity index (χ4v) is 6.23. The van der Waals surface area contributed by atoms with E-state index in [1.54, 1.807) is 16.2 Å². The van der Waals surface area contributed by atoms with Gasteiger partial charge in [0.05, 0.1) is 16.8 Å². The van der Waals surface area contributed by atoms with Gasteiger partial charge in [-0.1, -0.05) is 43.5 Å². The Morgan fingerprint density at radius 3 is 2.84 bits per heavy atom. The Hall–Kier alpha value is -2.31. The minimum Gasteiger partial charge on any atom is -0.351 e. The summed E-state index contributed by atoms with van der Waals surface area (Å²) in [6.07, 6.45) is 4.47. The quantitative estimate of drug-likeness (QED) is 0.551. The maximum absolute atomic E-state index is 13.8. The van der Waals surface area contributed by atoms with Gasteiger partial charge in [0.2, 0.25) is 5.91 Å². The van der Waals surface area contributed by atoms with Crippen LogP contribution in [0.1, 0.15) is 55.6 Å². The van der Waals surface area contributed by atoms with Gasteiger partial charge in [-0.05, 0) is 60.9 Å². The van der Waals surface area contributed by atoms with Crippen molar-refractivity contribution in [3.8, 4) is 0 Å². The average molecular weight is 470 g/mol. The SMILES string of the molecule is CC1CCCCC1NC(=O)C1(C)Cn2c(cc3sccc32)C(=O)N1Cc1cccc(Cl)c1. The second-order valence-electron chi connectivity index (χ2n) is 9.42. The highest BCUT2D eigenvalue weighted by Gasteiger charge is 2.48. The molecule has 168 valence electrons. The molecule has 2 aromatic heterocycles. The fourth-order valence-electron chi connectivity index (χ4n) is 5.19. The molecule has 0 spiro atoms. The van der Waals surface area contributed by atoms with Crippen molar-refractivity contribution in [3.63, 3.8) is 0 Å². The van der Waals surface area contributed by atoms with Gasteiger partial charge in [0.25, 0.3) is 5.91 Å². The first-order valence-corrected chi connectivity index (χ1v) is 12.6. The molecule has 5 nitrogen and oxygen atoms in total. The zero-order valence-corrected chi connectivity index (χ0v) is 20.0. The van der Waals surface area contributed by atoms with E-state index in [1.807, 2.05) is 53.3 Å². The Bertz CT molecular complexity index is 1190. The molecule has 1 aliphatic carbocycles. The lowest BCUT2D eigenvalue weighted by atomic mass is 9.85. The second-order valence-corrected chi connectivity index (χ2v) is 10.8. The number of carbonyl (C=O) groups is 2. The molecule has 32 heavy (non-hydrogen) atoms. The largest absolute Gasteiger partial charge is 0.351 e. The maximum Gasteiger partial charge on any atom is 0.271 e. The minimum absolute atomic E-state index is 0.0747. The Kier molecular flexibility index (Phi) is 5.54. The summed E-state index contributed by atoms with van der Waals surface area (Å²) in [5.41, 5.74) is 1.58. The number of hydrogen-bond acceptors (Lipinski definition) is 3. The third kappa shape index (κ3) is 3.63. The van der Waals surface area contributed by atoms with Crippen LogP contribution in [0.15, 0.2) is 41.8 Å². The highest BCUT2D eigenvalue weighted by Crippen LogP contribution is 2.36. The van der Waals surface area contributed by atoms with Crippen molar-refractivity contribution in [2.45, 2.75) is 64.2 Å². The number of aromatic nitrogens is 1. The number of amides is 2. The number of hydrogen-bond donors (Lipinski definition) is 1. The van der Waals surface area contributed by atoms with Crippen molar-refractivity contribution in [1.82, 2.24) is 14.8 Å². The number of thiophene rings is 1. The van der Waals surface area contributed by atoms with E-state index in [0.29, 0.717) is 29.7 Å². The van der Waals surface area contributed by atoms with E-state index >= 15 is 0 Å². The molecule has 1 fully saturated rings. The normalized spacial score (nSPS) is 25.7. The van der Waals surface area contributed by atoms with Gasteiger partial charge in [-0.2, -0.15) is 0 Å². The van der Waals surface area contributed by atoms with Crippen molar-refractivity contribution in [2.75, 3.05) is 0 Å². The molecule has 3 atom stereocenters. The predicted molar refractivity (Wildman–Crippen MR) is 129 cm³/mol. The third-order valence-corrected chi connectivity index (χ3v) is 8.28. The van der Waals surface area contributed by atoms with E-state index < -0.39 is 5.54 Å². The minimum atomic E-state index is -1.00. The summed E-state index contributed by atoms with van der Waals surface area (Å²) in [5.74, 6) is 0.256. The van der Waals surface area contributed by atoms with Gasteiger partial charge < -0.3 is 14.8 Å². The summed E-state index contributed by atoms with van der Waals surface area (Å²) in [4.78, 5) is 29.3. The standard InChI is InChI=1S/C25H28ClN3O2S/c1-16-6-3-4-9-19(16)27-24(31)25(2)15-28-20-10-11-32-22(20)13-21(28)23(30)29(25)14-17-7-5-8-18(26)12-17/h5,7-8,10-13,16,19H,3-4,6,9,14-15H2,1-2H3,(H,27,31). The van der Waals surface area contributed by atoms with Crippen molar-refractivity contribution in [2.24, 2.45) is 5.92 Å². The van der Waals surface area contributed by atoms with E-state index in [9.17, 15) is 9.59 Å². The summed E-state index contributed by atoms with van der Waals surface area (Å²) < 4.78 is 3.09. The van der Waals surface area contributed by atoms with E-state index in [0.717, 1.165) is 35.0 Å². The Balaban J connectivity index is 1.53. The van der Waals surface area contributed by atoms with Gasteiger partial charge in [0.15, 0.2) is 0 Å². The van der Waals surface area contributed by atoms with Crippen molar-refractivity contribution >= 4 is 45.0 Å². The first-order valence-electron chi connectivity index (χ1n) is 11.3. The van der Waals surface area contributed by atoms with Crippen LogP contribution in [0.2, 0.25) is 5.02 Å². The molecule has 1 aromatic carbocycles. The van der Waals surface area contributed by atoms with Crippen molar-refractivity contribution < 1.29 is 9.59 Å². The maximum atomic E-state index is 13.8. The monoisotopic (exact) mass is 469 g/mol. The molecule has 0 bridgehead atoms. The summed E-state index contributed by atoms with van der Waals surface area (Å²) in [5, 5.41) is 5.97. The smallest absolute Gasteiger partial charge is 0.271 e. The van der Waals surface area contributed by atoms with E-state index in [-0.39, 0.29) is 17.9 Å². The van der Waals surface area contributed by atoms with Crippen molar-refractivity contribution in [1.29, 1.82) is 0 Å². The zero-order chi connectivity index (χ0) is 22.5. The first kappa shape index (κ1) is 21.5. The molecule has 7 heteroatoms. The lowest BCUT2D eigenvalue weighted by molar-refractivity contribution is -0.134. The number of fused-ring (bicyclic) bond motifs is 3. The van der Waals surface area contributed by atoms with Gasteiger partial charge in [0, 0.05) is 17.6 Å². The molecule has 1 N–H and O–H groups in total. The highest BCUT2D eigenvalue weighted by molar-refractivity contribution is 7.17. The van der Waals surface area contributed by atoms with Crippen LogP contribution < -0.4 is 5.32 Å². The van der Waals surface area contributed by atoms with Crippen LogP contribution in [-0.4, -0.2) is 32.9 Å². The molecule has 2 aliphatic rings. The molecule has 5 rings (SSSR count). The van der Waals surface area contributed by atoms with Crippen LogP contribution in [0, 0.1) is 5.92 Å². The van der Waals surface area contributed by atoms with Crippen LogP contribution in [0.5, 0.6) is 0 Å². The van der Waals surface area contributed by atoms with Gasteiger partial charge in [-0.15, -0.1) is 11.3 Å². The van der Waals surface area contributed by atoms with Crippen molar-refractivity contribution in [3.05, 3.63) is 58.1 Å². The Morgan fingerprint density at radius 2 is 2.06 bits per heavy atom. The predicted octanol–water partition coefficient (Wildman–Crippen LogP) is 5.47. The Labute approximate surface area is 197 Å². The third-order valence-electron chi connectivity index (χ3n) is 7.20. The molecule has 2 amide bonds. The van der Waals surface area contributed by atoms with E-state index in [1.165, 1.54) is 6.42 Å². The molecule has 3 heterocycles. The number of nitrogens with zero attached hydrogens (tertiary/aromatic N) is 2. The number of carbonyl (C=O) groups excluding carboxylic acids is 2. The van der Waals surface area contributed by atoms with Gasteiger partial charge in [-0.3, -0.25) is 9.59 Å². The molecule has 3 unspecified atom stereocenters. The summed E-state index contributed by atoms with van der Waals surface area (Å²) in [6.45, 7) is 4.88. The van der Waals surface area contributed by atoms with Gasteiger partial charge in [-0.25, -0.2) is 0 Å².